The number of Topliss-reactive ketones (excluding diaryl/α,β-unsaturated/α-hetero) is 8. The summed E-state index contributed by atoms with van der Waals surface area (Å²) in [6.07, 6.45) is 0.333. The molecule has 0 atom stereocenters. The van der Waals surface area contributed by atoms with E-state index in [2.05, 4.69) is 0 Å². The molecule has 0 amide bonds. The summed E-state index contributed by atoms with van der Waals surface area (Å²) in [5, 5.41) is 20.5. The molecule has 10 nitrogen and oxygen atoms in total. The van der Waals surface area contributed by atoms with Crippen molar-refractivity contribution in [3.05, 3.63) is 60.7 Å². The molecule has 0 aliphatic carbocycles. The van der Waals surface area contributed by atoms with E-state index in [0.717, 1.165) is 0 Å². The Bertz CT molecular complexity index is 922. The maximum absolute atomic E-state index is 10.3. The summed E-state index contributed by atoms with van der Waals surface area (Å²) in [6, 6.07) is 16.7. The number of hydrogen-bond donors (Lipinski definition) is 0. The second-order valence-corrected chi connectivity index (χ2v) is 8.95. The summed E-state index contributed by atoms with van der Waals surface area (Å²) >= 11 is 0. The Balaban J connectivity index is -0.000000134. The largest absolute Gasteiger partial charge is 2.00 e. The number of benzene rings is 2. The first-order valence-electron chi connectivity index (χ1n) is 12.7. The second kappa shape index (κ2) is 32.6. The molecule has 234 valence electrons. The Morgan fingerprint density at radius 3 is 0.558 bits per heavy atom. The van der Waals surface area contributed by atoms with Crippen LogP contribution in [-0.2, 0) is 60.1 Å². The molecular formula is C32H42O10Ti. The zero-order valence-electron chi connectivity index (χ0n) is 26.2. The van der Waals surface area contributed by atoms with Crippen LogP contribution in [0.15, 0.2) is 60.7 Å². The molecule has 0 saturated heterocycles. The Morgan fingerprint density at radius 2 is 0.512 bits per heavy atom. The van der Waals surface area contributed by atoms with E-state index in [1.54, 1.807) is 24.3 Å². The molecule has 0 aliphatic rings. The maximum Gasteiger partial charge on any atom is 2.00 e. The monoisotopic (exact) mass is 634 g/mol. The van der Waals surface area contributed by atoms with Crippen molar-refractivity contribution in [2.45, 2.75) is 81.1 Å². The molecule has 0 N–H and O–H groups in total. The van der Waals surface area contributed by atoms with Gasteiger partial charge in [-0.2, -0.15) is 0 Å². The normalized spacial score (nSPS) is 8.19. The van der Waals surface area contributed by atoms with E-state index in [0.29, 0.717) is 0 Å². The molecule has 0 heterocycles. The van der Waals surface area contributed by atoms with Gasteiger partial charge in [-0.15, -0.1) is 11.5 Å². The van der Waals surface area contributed by atoms with Gasteiger partial charge in [-0.25, -0.2) is 0 Å². The minimum Gasteiger partial charge on any atom is -0.872 e. The molecule has 2 aromatic rings. The third-order valence-corrected chi connectivity index (χ3v) is 3.48. The molecule has 2 rings (SSSR count). The van der Waals surface area contributed by atoms with Crippen LogP contribution in [0.5, 0.6) is 11.5 Å². The van der Waals surface area contributed by atoms with Gasteiger partial charge in [0.15, 0.2) is 0 Å². The zero-order valence-corrected chi connectivity index (χ0v) is 27.7. The fraction of sp³-hybridized carbons (Fsp3) is 0.375. The van der Waals surface area contributed by atoms with Crippen LogP contribution in [0, 0.1) is 0 Å². The number of para-hydroxylation sites is 2. The Hall–Kier alpha value is -3.89. The quantitative estimate of drug-likeness (QED) is 0.306. The molecule has 0 saturated carbocycles. The summed E-state index contributed by atoms with van der Waals surface area (Å²) in [5.41, 5.74) is 0. The average Bonchev–Trinajstić information content (AvgIpc) is 2.78. The van der Waals surface area contributed by atoms with Gasteiger partial charge in [0.2, 0.25) is 0 Å². The molecule has 0 spiro atoms. The Labute approximate surface area is 269 Å². The summed E-state index contributed by atoms with van der Waals surface area (Å²) in [6.45, 7) is 11.2. The Morgan fingerprint density at radius 1 is 0.372 bits per heavy atom. The van der Waals surface area contributed by atoms with Gasteiger partial charge in [-0.3, -0.25) is 38.4 Å². The van der Waals surface area contributed by atoms with Gasteiger partial charge in [0.1, 0.15) is 46.3 Å². The fourth-order valence-electron chi connectivity index (χ4n) is 2.24. The van der Waals surface area contributed by atoms with Gasteiger partial charge in [-0.1, -0.05) is 60.7 Å². The van der Waals surface area contributed by atoms with E-state index in [9.17, 15) is 48.6 Å². The fourth-order valence-corrected chi connectivity index (χ4v) is 2.24. The van der Waals surface area contributed by atoms with Crippen LogP contribution in [0.3, 0.4) is 0 Å². The predicted molar refractivity (Wildman–Crippen MR) is 156 cm³/mol. The van der Waals surface area contributed by atoms with Gasteiger partial charge >= 0.3 is 21.7 Å². The third kappa shape index (κ3) is 62.9. The number of rotatable bonds is 8. The molecule has 0 aliphatic heterocycles. The summed E-state index contributed by atoms with van der Waals surface area (Å²) in [5.74, 6) is -0.356. The molecule has 0 bridgehead atoms. The van der Waals surface area contributed by atoms with Crippen molar-refractivity contribution < 1.29 is 70.3 Å². The van der Waals surface area contributed by atoms with E-state index >= 15 is 0 Å². The summed E-state index contributed by atoms with van der Waals surface area (Å²) in [7, 11) is 0. The summed E-state index contributed by atoms with van der Waals surface area (Å²) in [4.78, 5) is 80.3. The van der Waals surface area contributed by atoms with Crippen LogP contribution in [0.4, 0.5) is 0 Å². The van der Waals surface area contributed by atoms with Crippen LogP contribution in [0.2, 0.25) is 0 Å². The van der Waals surface area contributed by atoms with Crippen LogP contribution >= 0.6 is 0 Å². The minimum absolute atomic E-state index is 0. The van der Waals surface area contributed by atoms with E-state index in [1.165, 1.54) is 79.7 Å². The first-order chi connectivity index (χ1) is 19.3. The molecule has 2 aromatic carbocycles. The van der Waals surface area contributed by atoms with Crippen LogP contribution < -0.4 is 10.2 Å². The molecule has 0 unspecified atom stereocenters. The molecule has 43 heavy (non-hydrogen) atoms. The smallest absolute Gasteiger partial charge is 0.872 e. The van der Waals surface area contributed by atoms with Gasteiger partial charge in [0.25, 0.3) is 0 Å². The second-order valence-electron chi connectivity index (χ2n) is 8.95. The minimum atomic E-state index is -0.0625. The number of hydrogen-bond acceptors (Lipinski definition) is 10. The molecule has 0 aromatic heterocycles. The van der Waals surface area contributed by atoms with E-state index in [1.807, 2.05) is 12.1 Å². The van der Waals surface area contributed by atoms with Crippen molar-refractivity contribution in [3.8, 4) is 11.5 Å². The van der Waals surface area contributed by atoms with E-state index in [4.69, 9.17) is 0 Å². The van der Waals surface area contributed by atoms with Crippen LogP contribution in [-0.4, -0.2) is 46.3 Å². The number of carbonyl (C=O) groups is 8. The molecule has 0 fully saturated rings. The van der Waals surface area contributed by atoms with Crippen molar-refractivity contribution in [1.29, 1.82) is 0 Å². The van der Waals surface area contributed by atoms with Crippen LogP contribution in [0.25, 0.3) is 0 Å². The first kappa shape index (κ1) is 48.8. The molecule has 0 radical (unpaired) electrons. The molecular weight excluding hydrogens is 592 g/mol. The first-order valence-corrected chi connectivity index (χ1v) is 12.7. The van der Waals surface area contributed by atoms with Crippen molar-refractivity contribution in [2.24, 2.45) is 0 Å². The third-order valence-electron chi connectivity index (χ3n) is 3.48. The zero-order chi connectivity index (χ0) is 33.7. The SMILES string of the molecule is CC(=O)CC(C)=O.CC(=O)CC(C)=O.CC(=O)CC(C)=O.CC(=O)CC(C)=O.[O-]c1ccccc1.[O-]c1ccccc1.[Ti+2]. The van der Waals surface area contributed by atoms with E-state index in [-0.39, 0.29) is 105 Å². The van der Waals surface area contributed by atoms with Crippen molar-refractivity contribution in [1.82, 2.24) is 0 Å². The van der Waals surface area contributed by atoms with Gasteiger partial charge < -0.3 is 10.2 Å². The maximum atomic E-state index is 10.3. The topological polar surface area (TPSA) is 183 Å². The van der Waals surface area contributed by atoms with Gasteiger partial charge in [-0.05, 0) is 55.4 Å². The van der Waals surface area contributed by atoms with E-state index < -0.39 is 0 Å². The van der Waals surface area contributed by atoms with Crippen molar-refractivity contribution in [3.63, 3.8) is 0 Å². The molecule has 11 heteroatoms. The Kier molecular flexibility index (Phi) is 37.0. The number of carbonyl (C=O) groups excluding carboxylic acids is 8. The van der Waals surface area contributed by atoms with Gasteiger partial charge in [0, 0.05) is 0 Å². The van der Waals surface area contributed by atoms with Crippen LogP contribution in [0.1, 0.15) is 81.1 Å². The van der Waals surface area contributed by atoms with Gasteiger partial charge in [0.05, 0.1) is 25.7 Å². The predicted octanol–water partition coefficient (Wildman–Crippen LogP) is 3.74. The summed E-state index contributed by atoms with van der Waals surface area (Å²) < 4.78 is 0. The standard InChI is InChI=1S/2C6H6O.4C5H8O2.Ti/c2*7-6-4-2-1-3-5-6;4*1-4(6)3-5(2)7;/h2*1-5,7H;4*3H2,1-2H3;/q;;;;;;+2/p-2. The van der Waals surface area contributed by atoms with Crippen molar-refractivity contribution in [2.75, 3.05) is 0 Å². The average molecular weight is 635 g/mol. The number of ketones is 8. The van der Waals surface area contributed by atoms with Crippen molar-refractivity contribution >= 4 is 46.3 Å².